The van der Waals surface area contributed by atoms with Crippen LogP contribution < -0.4 is 0 Å². The van der Waals surface area contributed by atoms with Gasteiger partial charge in [0.25, 0.3) is 0 Å². The first-order chi connectivity index (χ1) is 8.34. The van der Waals surface area contributed by atoms with E-state index in [0.29, 0.717) is 0 Å². The lowest BCUT2D eigenvalue weighted by Gasteiger charge is -2.09. The number of carboxylic acids is 1. The number of hydrogen-bond donors (Lipinski definition) is 2. The highest BCUT2D eigenvalue weighted by Crippen LogP contribution is 2.30. The zero-order valence-electron chi connectivity index (χ0n) is 9.08. The molecule has 6 heteroatoms. The first-order valence-corrected chi connectivity index (χ1v) is 4.86. The molecule has 0 amide bonds. The molecule has 0 saturated heterocycles. The Morgan fingerprint density at radius 3 is 2.50 bits per heavy atom. The Morgan fingerprint density at radius 1 is 1.33 bits per heavy atom. The van der Waals surface area contributed by atoms with Crippen LogP contribution in [0.5, 0.6) is 0 Å². The summed E-state index contributed by atoms with van der Waals surface area (Å²) in [6, 6.07) is 2.75. The number of alkyl halides is 3. The molecular weight excluding hydrogens is 249 g/mol. The highest BCUT2D eigenvalue weighted by Gasteiger charge is 2.30. The van der Waals surface area contributed by atoms with E-state index in [1.807, 2.05) is 0 Å². The average Bonchev–Trinajstić information content (AvgIpc) is 2.27. The monoisotopic (exact) mass is 258 g/mol. The van der Waals surface area contributed by atoms with Gasteiger partial charge in [-0.05, 0) is 23.8 Å². The van der Waals surface area contributed by atoms with E-state index in [4.69, 9.17) is 10.2 Å². The molecule has 0 atom stereocenters. The summed E-state index contributed by atoms with van der Waals surface area (Å²) in [6.07, 6.45) is -4.90. The lowest BCUT2D eigenvalue weighted by Crippen LogP contribution is -2.06. The maximum atomic E-state index is 12.4. The largest absolute Gasteiger partial charge is 0.481 e. The van der Waals surface area contributed by atoms with E-state index >= 15 is 0 Å². The first kappa shape index (κ1) is 14.1. The number of hydrogen-bond acceptors (Lipinski definition) is 2. The molecule has 0 heterocycles. The van der Waals surface area contributed by atoms with Crippen molar-refractivity contribution in [1.29, 1.82) is 0 Å². The molecule has 0 aromatic heterocycles. The minimum absolute atomic E-state index is 0.0164. The van der Waals surface area contributed by atoms with E-state index in [2.05, 4.69) is 11.8 Å². The summed E-state index contributed by atoms with van der Waals surface area (Å²) in [5.74, 6) is 3.58. The second kappa shape index (κ2) is 5.56. The fraction of sp³-hybridized carbons (Fsp3) is 0.250. The summed E-state index contributed by atoms with van der Waals surface area (Å²) in [5.41, 5.74) is -0.676. The van der Waals surface area contributed by atoms with Crippen LogP contribution in [0.2, 0.25) is 0 Å². The number of carbonyl (C=O) groups is 1. The van der Waals surface area contributed by atoms with Crippen molar-refractivity contribution in [3.05, 3.63) is 34.9 Å². The Balaban J connectivity index is 3.07. The number of aliphatic hydroxyl groups is 1. The van der Waals surface area contributed by atoms with E-state index in [0.717, 1.165) is 18.2 Å². The highest BCUT2D eigenvalue weighted by molar-refractivity contribution is 5.70. The maximum Gasteiger partial charge on any atom is 0.416 e. The number of aliphatic hydroxyl groups excluding tert-OH is 1. The summed E-state index contributed by atoms with van der Waals surface area (Å²) >= 11 is 0. The molecule has 96 valence electrons. The quantitative estimate of drug-likeness (QED) is 0.798. The molecule has 0 aliphatic carbocycles. The van der Waals surface area contributed by atoms with Crippen LogP contribution in [-0.2, 0) is 17.6 Å². The van der Waals surface area contributed by atoms with Gasteiger partial charge in [-0.25, -0.2) is 0 Å². The number of aliphatic carboxylic acids is 1. The van der Waals surface area contributed by atoms with Crippen LogP contribution in [0.4, 0.5) is 13.2 Å². The summed E-state index contributed by atoms with van der Waals surface area (Å²) in [4.78, 5) is 10.2. The van der Waals surface area contributed by atoms with Gasteiger partial charge in [0.2, 0.25) is 0 Å². The van der Waals surface area contributed by atoms with E-state index in [9.17, 15) is 18.0 Å². The molecule has 0 saturated carbocycles. The SMILES string of the molecule is O=C(O)CC#Cc1ccc(C(F)(F)F)cc1CO. The van der Waals surface area contributed by atoms with Crippen molar-refractivity contribution in [2.24, 2.45) is 0 Å². The molecule has 0 bridgehead atoms. The van der Waals surface area contributed by atoms with E-state index < -0.39 is 30.7 Å². The van der Waals surface area contributed by atoms with Crippen LogP contribution >= 0.6 is 0 Å². The third-order valence-corrected chi connectivity index (χ3v) is 2.07. The third-order valence-electron chi connectivity index (χ3n) is 2.07. The minimum atomic E-state index is -4.49. The number of rotatable bonds is 2. The van der Waals surface area contributed by atoms with Gasteiger partial charge in [0, 0.05) is 5.56 Å². The second-order valence-electron chi connectivity index (χ2n) is 3.40. The molecule has 3 nitrogen and oxygen atoms in total. The Bertz CT molecular complexity index is 510. The van der Waals surface area contributed by atoms with Crippen molar-refractivity contribution >= 4 is 5.97 Å². The standard InChI is InChI=1S/C12H9F3O3/c13-12(14,15)10-5-4-8(9(6-10)7-16)2-1-3-11(17)18/h4-6,16H,3,7H2,(H,17,18). The zero-order chi connectivity index (χ0) is 13.8. The first-order valence-electron chi connectivity index (χ1n) is 4.86. The molecule has 1 aromatic rings. The lowest BCUT2D eigenvalue weighted by molar-refractivity contribution is -0.138. The van der Waals surface area contributed by atoms with Gasteiger partial charge >= 0.3 is 12.1 Å². The smallest absolute Gasteiger partial charge is 0.416 e. The molecule has 1 rings (SSSR count). The molecule has 0 aliphatic heterocycles. The topological polar surface area (TPSA) is 57.5 Å². The Labute approximate surface area is 101 Å². The summed E-state index contributed by atoms with van der Waals surface area (Å²) in [5, 5.41) is 17.3. The van der Waals surface area contributed by atoms with Crippen LogP contribution in [0, 0.1) is 11.8 Å². The molecule has 0 aliphatic rings. The van der Waals surface area contributed by atoms with Gasteiger partial charge in [0.05, 0.1) is 12.2 Å². The maximum absolute atomic E-state index is 12.4. The van der Waals surface area contributed by atoms with Gasteiger partial charge in [-0.2, -0.15) is 13.2 Å². The third kappa shape index (κ3) is 3.79. The predicted molar refractivity (Wildman–Crippen MR) is 56.5 cm³/mol. The Hall–Kier alpha value is -2.00. The van der Waals surface area contributed by atoms with Gasteiger partial charge in [0.15, 0.2) is 0 Å². The van der Waals surface area contributed by atoms with Crippen molar-refractivity contribution in [3.8, 4) is 11.8 Å². The van der Waals surface area contributed by atoms with E-state index in [1.165, 1.54) is 0 Å². The summed E-state index contributed by atoms with van der Waals surface area (Å²) in [6.45, 7) is -0.596. The van der Waals surface area contributed by atoms with Crippen molar-refractivity contribution in [2.45, 2.75) is 19.2 Å². The fourth-order valence-electron chi connectivity index (χ4n) is 1.24. The van der Waals surface area contributed by atoms with Crippen LogP contribution in [0.15, 0.2) is 18.2 Å². The Morgan fingerprint density at radius 2 is 2.00 bits per heavy atom. The number of halogens is 3. The lowest BCUT2D eigenvalue weighted by atomic mass is 10.0. The van der Waals surface area contributed by atoms with E-state index in [-0.39, 0.29) is 11.1 Å². The van der Waals surface area contributed by atoms with Gasteiger partial charge in [-0.15, -0.1) is 0 Å². The number of carboxylic acid groups (broad SMARTS) is 1. The van der Waals surface area contributed by atoms with Gasteiger partial charge in [0.1, 0.15) is 6.42 Å². The summed E-state index contributed by atoms with van der Waals surface area (Å²) in [7, 11) is 0. The summed E-state index contributed by atoms with van der Waals surface area (Å²) < 4.78 is 37.2. The van der Waals surface area contributed by atoms with Crippen LogP contribution in [0.25, 0.3) is 0 Å². The van der Waals surface area contributed by atoms with Crippen LogP contribution in [0.1, 0.15) is 23.1 Å². The van der Waals surface area contributed by atoms with Crippen molar-refractivity contribution in [1.82, 2.24) is 0 Å². The van der Waals surface area contributed by atoms with Gasteiger partial charge in [-0.3, -0.25) is 4.79 Å². The number of benzene rings is 1. The molecule has 1 aromatic carbocycles. The van der Waals surface area contributed by atoms with Gasteiger partial charge < -0.3 is 10.2 Å². The molecule has 0 radical (unpaired) electrons. The molecule has 2 N–H and O–H groups in total. The van der Waals surface area contributed by atoms with Crippen LogP contribution in [-0.4, -0.2) is 16.2 Å². The highest BCUT2D eigenvalue weighted by atomic mass is 19.4. The molecule has 0 fully saturated rings. The molecular formula is C12H9F3O3. The van der Waals surface area contributed by atoms with Crippen molar-refractivity contribution < 1.29 is 28.2 Å². The van der Waals surface area contributed by atoms with Gasteiger partial charge in [-0.1, -0.05) is 11.8 Å². The van der Waals surface area contributed by atoms with E-state index in [1.54, 1.807) is 0 Å². The fourth-order valence-corrected chi connectivity index (χ4v) is 1.24. The Kier molecular flexibility index (Phi) is 4.34. The molecule has 0 spiro atoms. The predicted octanol–water partition coefficient (Wildman–Crippen LogP) is 2.02. The molecule has 18 heavy (non-hydrogen) atoms. The average molecular weight is 258 g/mol. The van der Waals surface area contributed by atoms with Crippen molar-refractivity contribution in [2.75, 3.05) is 0 Å². The zero-order valence-corrected chi connectivity index (χ0v) is 9.08. The minimum Gasteiger partial charge on any atom is -0.481 e. The van der Waals surface area contributed by atoms with Crippen LogP contribution in [0.3, 0.4) is 0 Å². The second-order valence-corrected chi connectivity index (χ2v) is 3.40. The molecule has 0 unspecified atom stereocenters. The van der Waals surface area contributed by atoms with Crippen molar-refractivity contribution in [3.63, 3.8) is 0 Å². The normalized spacial score (nSPS) is 10.7.